The summed E-state index contributed by atoms with van der Waals surface area (Å²) in [4.78, 5) is 23.7. The number of nitrogens with one attached hydrogen (secondary N) is 1. The van der Waals surface area contributed by atoms with Crippen molar-refractivity contribution in [3.8, 4) is 11.4 Å². The fraction of sp³-hybridized carbons (Fsp3) is 0.200. The molecule has 0 unspecified atom stereocenters. The molecule has 0 saturated carbocycles. The molecule has 1 aromatic carbocycles. The van der Waals surface area contributed by atoms with Crippen LogP contribution in [0.15, 0.2) is 59.5 Å². The van der Waals surface area contributed by atoms with Crippen molar-refractivity contribution in [1.82, 2.24) is 20.1 Å². The Morgan fingerprint density at radius 2 is 2.15 bits per heavy atom. The van der Waals surface area contributed by atoms with Crippen LogP contribution in [0.5, 0.6) is 0 Å². The third kappa shape index (κ3) is 3.72. The van der Waals surface area contributed by atoms with Gasteiger partial charge in [0.1, 0.15) is 0 Å². The second kappa shape index (κ2) is 7.41. The standard InChI is InChI=1S/C20H18N4O3/c1-13(20-23-19(24-27-20)15-5-4-10-21-11-15)26-18(25)9-8-14-12-22-17-7-3-2-6-16(14)17/h2-7,10-13,22H,8-9H2,1H3/t13-/m1/s1. The van der Waals surface area contributed by atoms with E-state index < -0.39 is 6.10 Å². The molecular weight excluding hydrogens is 344 g/mol. The van der Waals surface area contributed by atoms with Crippen LogP contribution in [0.2, 0.25) is 0 Å². The lowest BCUT2D eigenvalue weighted by Gasteiger charge is -2.08. The number of rotatable bonds is 6. The second-order valence-corrected chi connectivity index (χ2v) is 6.19. The van der Waals surface area contributed by atoms with Gasteiger partial charge in [0.2, 0.25) is 5.82 Å². The number of carbonyl (C=O) groups is 1. The van der Waals surface area contributed by atoms with Crippen molar-refractivity contribution in [1.29, 1.82) is 0 Å². The van der Waals surface area contributed by atoms with Crippen molar-refractivity contribution >= 4 is 16.9 Å². The van der Waals surface area contributed by atoms with Gasteiger partial charge in [0.25, 0.3) is 5.89 Å². The van der Waals surface area contributed by atoms with E-state index in [2.05, 4.69) is 20.1 Å². The number of pyridine rings is 1. The maximum atomic E-state index is 12.2. The molecule has 7 heteroatoms. The summed E-state index contributed by atoms with van der Waals surface area (Å²) in [5, 5.41) is 5.04. The van der Waals surface area contributed by atoms with Gasteiger partial charge in [-0.25, -0.2) is 0 Å². The van der Waals surface area contributed by atoms with Crippen molar-refractivity contribution in [2.45, 2.75) is 25.9 Å². The van der Waals surface area contributed by atoms with Gasteiger partial charge < -0.3 is 14.2 Å². The molecule has 0 radical (unpaired) electrons. The summed E-state index contributed by atoms with van der Waals surface area (Å²) in [5.74, 6) is 0.364. The molecule has 0 spiro atoms. The summed E-state index contributed by atoms with van der Waals surface area (Å²) in [5.41, 5.74) is 2.89. The number of aromatic amines is 1. The fourth-order valence-electron chi connectivity index (χ4n) is 2.89. The molecule has 136 valence electrons. The van der Waals surface area contributed by atoms with Crippen molar-refractivity contribution in [2.24, 2.45) is 0 Å². The predicted octanol–water partition coefficient (Wildman–Crippen LogP) is 3.85. The van der Waals surface area contributed by atoms with Gasteiger partial charge in [-0.3, -0.25) is 9.78 Å². The number of benzene rings is 1. The summed E-state index contributed by atoms with van der Waals surface area (Å²) in [6.45, 7) is 1.71. The van der Waals surface area contributed by atoms with Crippen molar-refractivity contribution in [3.05, 3.63) is 66.4 Å². The zero-order valence-corrected chi connectivity index (χ0v) is 14.8. The SMILES string of the molecule is C[C@@H](OC(=O)CCc1c[nH]c2ccccc12)c1nc(-c2cccnc2)no1. The van der Waals surface area contributed by atoms with Crippen molar-refractivity contribution in [3.63, 3.8) is 0 Å². The first-order chi connectivity index (χ1) is 13.2. The highest BCUT2D eigenvalue weighted by molar-refractivity contribution is 5.83. The summed E-state index contributed by atoms with van der Waals surface area (Å²) < 4.78 is 10.7. The van der Waals surface area contributed by atoms with E-state index in [1.165, 1.54) is 0 Å². The maximum Gasteiger partial charge on any atom is 0.306 e. The minimum absolute atomic E-state index is 0.259. The van der Waals surface area contributed by atoms with Crippen LogP contribution in [0.4, 0.5) is 0 Å². The van der Waals surface area contributed by atoms with Gasteiger partial charge in [0.15, 0.2) is 6.10 Å². The highest BCUT2D eigenvalue weighted by Gasteiger charge is 2.19. The molecule has 3 heterocycles. The molecule has 0 aliphatic carbocycles. The zero-order valence-electron chi connectivity index (χ0n) is 14.8. The molecule has 1 N–H and O–H groups in total. The Morgan fingerprint density at radius 3 is 3.00 bits per heavy atom. The average molecular weight is 362 g/mol. The molecule has 3 aromatic heterocycles. The van der Waals surface area contributed by atoms with E-state index in [-0.39, 0.29) is 18.3 Å². The number of hydrogen-bond donors (Lipinski definition) is 1. The van der Waals surface area contributed by atoms with Crippen molar-refractivity contribution in [2.75, 3.05) is 0 Å². The van der Waals surface area contributed by atoms with Gasteiger partial charge in [-0.2, -0.15) is 4.98 Å². The normalized spacial score (nSPS) is 12.2. The second-order valence-electron chi connectivity index (χ2n) is 6.19. The van der Waals surface area contributed by atoms with Gasteiger partial charge in [0, 0.05) is 41.5 Å². The first-order valence-electron chi connectivity index (χ1n) is 8.69. The predicted molar refractivity (Wildman–Crippen MR) is 98.7 cm³/mol. The van der Waals surface area contributed by atoms with Gasteiger partial charge >= 0.3 is 5.97 Å². The minimum Gasteiger partial charge on any atom is -0.453 e. The minimum atomic E-state index is -0.613. The lowest BCUT2D eigenvalue weighted by Crippen LogP contribution is -2.10. The number of aryl methyl sites for hydroxylation is 1. The number of esters is 1. The molecule has 4 rings (SSSR count). The summed E-state index contributed by atoms with van der Waals surface area (Å²) in [7, 11) is 0. The molecule has 0 fully saturated rings. The van der Waals surface area contributed by atoms with E-state index in [9.17, 15) is 4.79 Å². The molecule has 0 aliphatic heterocycles. The third-order valence-electron chi connectivity index (χ3n) is 4.29. The molecule has 1 atom stereocenters. The van der Waals surface area contributed by atoms with Crippen LogP contribution in [0, 0.1) is 0 Å². The molecule has 0 bridgehead atoms. The lowest BCUT2D eigenvalue weighted by atomic mass is 10.1. The highest BCUT2D eigenvalue weighted by Crippen LogP contribution is 2.22. The Kier molecular flexibility index (Phi) is 4.65. The Hall–Kier alpha value is -3.48. The van der Waals surface area contributed by atoms with Crippen LogP contribution in [-0.2, 0) is 16.0 Å². The smallest absolute Gasteiger partial charge is 0.306 e. The molecule has 7 nitrogen and oxygen atoms in total. The number of fused-ring (bicyclic) bond motifs is 1. The largest absolute Gasteiger partial charge is 0.453 e. The number of H-pyrrole nitrogens is 1. The van der Waals surface area contributed by atoms with E-state index in [1.54, 1.807) is 25.4 Å². The Labute approximate surface area is 155 Å². The molecule has 4 aromatic rings. The van der Waals surface area contributed by atoms with Crippen LogP contribution in [0.3, 0.4) is 0 Å². The van der Waals surface area contributed by atoms with Crippen LogP contribution in [-0.4, -0.2) is 26.1 Å². The average Bonchev–Trinajstić information content (AvgIpc) is 3.35. The third-order valence-corrected chi connectivity index (χ3v) is 4.29. The number of para-hydroxylation sites is 1. The van der Waals surface area contributed by atoms with Gasteiger partial charge in [-0.1, -0.05) is 23.4 Å². The Balaban J connectivity index is 1.36. The molecule has 27 heavy (non-hydrogen) atoms. The number of carbonyl (C=O) groups excluding carboxylic acids is 1. The van der Waals surface area contributed by atoms with E-state index in [1.807, 2.05) is 36.5 Å². The lowest BCUT2D eigenvalue weighted by molar-refractivity contribution is -0.149. The van der Waals surface area contributed by atoms with Crippen molar-refractivity contribution < 1.29 is 14.1 Å². The first-order valence-corrected chi connectivity index (χ1v) is 8.69. The first kappa shape index (κ1) is 17.0. The number of ether oxygens (including phenoxy) is 1. The Bertz CT molecular complexity index is 1060. The Morgan fingerprint density at radius 1 is 1.26 bits per heavy atom. The van der Waals surface area contributed by atoms with E-state index >= 15 is 0 Å². The summed E-state index contributed by atoms with van der Waals surface area (Å²) in [6, 6.07) is 11.6. The van der Waals surface area contributed by atoms with E-state index in [0.717, 1.165) is 22.0 Å². The summed E-state index contributed by atoms with van der Waals surface area (Å²) in [6.07, 6.45) is 5.50. The maximum absolute atomic E-state index is 12.2. The topological polar surface area (TPSA) is 93.9 Å². The van der Waals surface area contributed by atoms with Crippen LogP contribution in [0.1, 0.15) is 30.9 Å². The number of aromatic nitrogens is 4. The summed E-state index contributed by atoms with van der Waals surface area (Å²) >= 11 is 0. The molecule has 0 aliphatic rings. The van der Waals surface area contributed by atoms with E-state index in [4.69, 9.17) is 9.26 Å². The fourth-order valence-corrected chi connectivity index (χ4v) is 2.89. The van der Waals surface area contributed by atoms with Crippen LogP contribution >= 0.6 is 0 Å². The molecule has 0 saturated heterocycles. The number of nitrogens with zero attached hydrogens (tertiary/aromatic N) is 3. The monoisotopic (exact) mass is 362 g/mol. The number of hydrogen-bond acceptors (Lipinski definition) is 6. The van der Waals surface area contributed by atoms with Crippen LogP contribution < -0.4 is 0 Å². The van der Waals surface area contributed by atoms with Crippen LogP contribution in [0.25, 0.3) is 22.3 Å². The highest BCUT2D eigenvalue weighted by atomic mass is 16.6. The molecular formula is C20H18N4O3. The van der Waals surface area contributed by atoms with Gasteiger partial charge in [0.05, 0.1) is 0 Å². The van der Waals surface area contributed by atoms with Gasteiger partial charge in [-0.15, -0.1) is 0 Å². The quantitative estimate of drug-likeness (QED) is 0.524. The van der Waals surface area contributed by atoms with Gasteiger partial charge in [-0.05, 0) is 37.1 Å². The zero-order chi connectivity index (χ0) is 18.6. The van der Waals surface area contributed by atoms with E-state index in [0.29, 0.717) is 12.2 Å². The molecule has 0 amide bonds.